The smallest absolute Gasteiger partial charge is 0.232 e. The first-order chi connectivity index (χ1) is 12.7. The van der Waals surface area contributed by atoms with E-state index in [0.29, 0.717) is 12.1 Å². The summed E-state index contributed by atoms with van der Waals surface area (Å²) in [4.78, 5) is 12.2. The summed E-state index contributed by atoms with van der Waals surface area (Å²) < 4.78 is 25.8. The normalized spacial score (nSPS) is 12.4. The lowest BCUT2D eigenvalue weighted by atomic mass is 10.1. The van der Waals surface area contributed by atoms with Gasteiger partial charge in [-0.2, -0.15) is 0 Å². The van der Waals surface area contributed by atoms with Crippen molar-refractivity contribution >= 4 is 21.6 Å². The van der Waals surface area contributed by atoms with Crippen molar-refractivity contribution < 1.29 is 13.2 Å². The van der Waals surface area contributed by atoms with Gasteiger partial charge in [-0.3, -0.25) is 9.10 Å². The Morgan fingerprint density at radius 2 is 1.67 bits per heavy atom. The van der Waals surface area contributed by atoms with Crippen molar-refractivity contribution in [3.63, 3.8) is 0 Å². The van der Waals surface area contributed by atoms with E-state index < -0.39 is 10.0 Å². The highest BCUT2D eigenvalue weighted by Crippen LogP contribution is 2.22. The average Bonchev–Trinajstić information content (AvgIpc) is 2.57. The number of anilines is 1. The minimum absolute atomic E-state index is 0.0795. The molecule has 1 atom stereocenters. The van der Waals surface area contributed by atoms with Gasteiger partial charge in [-0.25, -0.2) is 8.42 Å². The molecule has 0 radical (unpaired) electrons. The van der Waals surface area contributed by atoms with Crippen LogP contribution in [0.4, 0.5) is 5.69 Å². The number of hydrogen-bond donors (Lipinski definition) is 1. The predicted octanol–water partition coefficient (Wildman–Crippen LogP) is 3.73. The maximum Gasteiger partial charge on any atom is 0.232 e. The molecular weight excluding hydrogens is 360 g/mol. The van der Waals surface area contributed by atoms with Crippen molar-refractivity contribution in [2.45, 2.75) is 39.7 Å². The van der Waals surface area contributed by atoms with Crippen LogP contribution >= 0.6 is 0 Å². The fraction of sp³-hybridized carbons (Fsp3) is 0.381. The second kappa shape index (κ2) is 9.04. The molecule has 0 saturated carbocycles. The van der Waals surface area contributed by atoms with Gasteiger partial charge in [0.25, 0.3) is 0 Å². The summed E-state index contributed by atoms with van der Waals surface area (Å²) in [7, 11) is -3.41. The third-order valence-electron chi connectivity index (χ3n) is 4.34. The number of nitrogens with zero attached hydrogens (tertiary/aromatic N) is 1. The van der Waals surface area contributed by atoms with Gasteiger partial charge >= 0.3 is 0 Å². The number of carbonyl (C=O) groups is 1. The number of amides is 1. The molecule has 2 aromatic carbocycles. The van der Waals surface area contributed by atoms with Crippen LogP contribution in [0.2, 0.25) is 0 Å². The topological polar surface area (TPSA) is 66.5 Å². The quantitative estimate of drug-likeness (QED) is 0.749. The molecule has 0 unspecified atom stereocenters. The highest BCUT2D eigenvalue weighted by Gasteiger charge is 2.18. The lowest BCUT2D eigenvalue weighted by Gasteiger charge is -2.23. The number of hydrogen-bond acceptors (Lipinski definition) is 3. The van der Waals surface area contributed by atoms with Crippen LogP contribution in [-0.2, 0) is 14.8 Å². The summed E-state index contributed by atoms with van der Waals surface area (Å²) in [6.45, 7) is 6.09. The lowest BCUT2D eigenvalue weighted by Crippen LogP contribution is -2.32. The van der Waals surface area contributed by atoms with Gasteiger partial charge in [-0.05, 0) is 56.0 Å². The van der Waals surface area contributed by atoms with Gasteiger partial charge in [0.15, 0.2) is 0 Å². The van der Waals surface area contributed by atoms with Crippen LogP contribution in [0.3, 0.4) is 0 Å². The first kappa shape index (κ1) is 21.0. The van der Waals surface area contributed by atoms with E-state index in [4.69, 9.17) is 0 Å². The Morgan fingerprint density at radius 3 is 2.22 bits per heavy atom. The molecule has 0 saturated heterocycles. The van der Waals surface area contributed by atoms with E-state index in [9.17, 15) is 13.2 Å². The first-order valence-corrected chi connectivity index (χ1v) is 10.9. The van der Waals surface area contributed by atoms with Gasteiger partial charge in [-0.1, -0.05) is 36.4 Å². The number of carbonyl (C=O) groups excluding carboxylic acids is 1. The monoisotopic (exact) mass is 388 g/mol. The molecule has 0 fully saturated rings. The molecular formula is C21H28N2O3S. The van der Waals surface area contributed by atoms with Gasteiger partial charge in [0.05, 0.1) is 18.0 Å². The molecule has 1 N–H and O–H groups in total. The Labute approximate surface area is 162 Å². The minimum atomic E-state index is -3.41. The second-order valence-electron chi connectivity index (χ2n) is 6.98. The van der Waals surface area contributed by atoms with Crippen molar-refractivity contribution in [3.8, 4) is 0 Å². The molecule has 0 aromatic heterocycles. The number of nitrogens with one attached hydrogen (secondary N) is 1. The van der Waals surface area contributed by atoms with Crippen molar-refractivity contribution in [3.05, 3.63) is 65.2 Å². The fourth-order valence-corrected chi connectivity index (χ4v) is 4.05. The maximum atomic E-state index is 12.2. The van der Waals surface area contributed by atoms with E-state index in [1.54, 1.807) is 0 Å². The van der Waals surface area contributed by atoms with Crippen molar-refractivity contribution in [2.75, 3.05) is 17.1 Å². The van der Waals surface area contributed by atoms with Crippen molar-refractivity contribution in [1.82, 2.24) is 5.32 Å². The zero-order valence-corrected chi connectivity index (χ0v) is 17.2. The zero-order chi connectivity index (χ0) is 20.0. The minimum Gasteiger partial charge on any atom is -0.350 e. The average molecular weight is 389 g/mol. The van der Waals surface area contributed by atoms with Crippen LogP contribution in [0.5, 0.6) is 0 Å². The molecule has 2 rings (SSSR count). The molecule has 146 valence electrons. The van der Waals surface area contributed by atoms with Crippen LogP contribution in [0, 0.1) is 13.8 Å². The summed E-state index contributed by atoms with van der Waals surface area (Å²) in [6.07, 6.45) is 1.92. The van der Waals surface area contributed by atoms with E-state index in [2.05, 4.69) is 5.32 Å². The third kappa shape index (κ3) is 6.40. The first-order valence-electron chi connectivity index (χ1n) is 9.07. The number of rotatable bonds is 8. The highest BCUT2D eigenvalue weighted by molar-refractivity contribution is 7.92. The van der Waals surface area contributed by atoms with Gasteiger partial charge in [0.2, 0.25) is 15.9 Å². The molecule has 0 heterocycles. The van der Waals surface area contributed by atoms with Gasteiger partial charge < -0.3 is 5.32 Å². The van der Waals surface area contributed by atoms with Gasteiger partial charge in [0.1, 0.15) is 0 Å². The van der Waals surface area contributed by atoms with E-state index in [-0.39, 0.29) is 24.9 Å². The molecule has 0 spiro atoms. The highest BCUT2D eigenvalue weighted by atomic mass is 32.2. The van der Waals surface area contributed by atoms with Crippen molar-refractivity contribution in [1.29, 1.82) is 0 Å². The van der Waals surface area contributed by atoms with E-state index in [0.717, 1.165) is 16.7 Å². The van der Waals surface area contributed by atoms with Crippen LogP contribution in [0.15, 0.2) is 48.5 Å². The number of aryl methyl sites for hydroxylation is 2. The maximum absolute atomic E-state index is 12.2. The standard InChI is InChI=1S/C21H28N2O3S/c1-16-13-17(2)15-20(14-16)23(27(4,25)26)12-8-11-21(24)22-18(3)19-9-6-5-7-10-19/h5-7,9-10,13-15,18H,8,11-12H2,1-4H3,(H,22,24)/t18-/m1/s1. The van der Waals surface area contributed by atoms with Gasteiger partial charge in [-0.15, -0.1) is 0 Å². The molecule has 5 nitrogen and oxygen atoms in total. The Morgan fingerprint density at radius 1 is 1.07 bits per heavy atom. The third-order valence-corrected chi connectivity index (χ3v) is 5.53. The molecule has 0 aliphatic heterocycles. The van der Waals surface area contributed by atoms with E-state index in [1.165, 1.54) is 10.6 Å². The lowest BCUT2D eigenvalue weighted by molar-refractivity contribution is -0.121. The number of sulfonamides is 1. The largest absolute Gasteiger partial charge is 0.350 e. The summed E-state index contributed by atoms with van der Waals surface area (Å²) in [5.74, 6) is -0.0831. The molecule has 1 amide bonds. The molecule has 0 aliphatic rings. The Balaban J connectivity index is 1.96. The van der Waals surface area contributed by atoms with Crippen LogP contribution in [0.1, 0.15) is 42.5 Å². The summed E-state index contributed by atoms with van der Waals surface area (Å²) in [5, 5.41) is 2.96. The molecule has 6 heteroatoms. The Bertz CT molecular complexity index is 859. The SMILES string of the molecule is Cc1cc(C)cc(N(CCCC(=O)N[C@H](C)c2ccccc2)S(C)(=O)=O)c1. The summed E-state index contributed by atoms with van der Waals surface area (Å²) in [5.41, 5.74) is 3.70. The number of benzene rings is 2. The van der Waals surface area contributed by atoms with E-state index in [1.807, 2.05) is 69.3 Å². The van der Waals surface area contributed by atoms with Crippen LogP contribution in [-0.4, -0.2) is 27.1 Å². The van der Waals surface area contributed by atoms with Crippen LogP contribution < -0.4 is 9.62 Å². The zero-order valence-electron chi connectivity index (χ0n) is 16.4. The second-order valence-corrected chi connectivity index (χ2v) is 8.89. The fourth-order valence-electron chi connectivity index (χ4n) is 3.10. The molecule has 27 heavy (non-hydrogen) atoms. The van der Waals surface area contributed by atoms with Gasteiger partial charge in [0, 0.05) is 13.0 Å². The van der Waals surface area contributed by atoms with Crippen LogP contribution in [0.25, 0.3) is 0 Å². The summed E-state index contributed by atoms with van der Waals surface area (Å²) >= 11 is 0. The van der Waals surface area contributed by atoms with E-state index >= 15 is 0 Å². The summed E-state index contributed by atoms with van der Waals surface area (Å²) in [6, 6.07) is 15.4. The molecule has 0 bridgehead atoms. The Kier molecular flexibility index (Phi) is 7.02. The Hall–Kier alpha value is -2.34. The molecule has 0 aliphatic carbocycles. The predicted molar refractivity (Wildman–Crippen MR) is 110 cm³/mol. The molecule has 2 aromatic rings. The van der Waals surface area contributed by atoms with Crippen molar-refractivity contribution in [2.24, 2.45) is 0 Å².